The maximum Gasteiger partial charge on any atom is 0.247 e. The third-order valence-corrected chi connectivity index (χ3v) is 6.25. The van der Waals surface area contributed by atoms with Crippen LogP contribution in [0.25, 0.3) is 0 Å². The second-order valence-corrected chi connectivity index (χ2v) is 8.95. The van der Waals surface area contributed by atoms with E-state index in [-0.39, 0.29) is 11.9 Å². The Bertz CT molecular complexity index is 1160. The van der Waals surface area contributed by atoms with Crippen LogP contribution in [0.3, 0.4) is 0 Å². The molecule has 0 aromatic carbocycles. The van der Waals surface area contributed by atoms with Crippen LogP contribution in [0, 0.1) is 0 Å². The molecule has 10 heteroatoms. The van der Waals surface area contributed by atoms with E-state index in [2.05, 4.69) is 39.7 Å². The van der Waals surface area contributed by atoms with E-state index in [0.717, 1.165) is 67.2 Å². The molecule has 33 heavy (non-hydrogen) atoms. The first-order valence-corrected chi connectivity index (χ1v) is 11.5. The number of nitrogen functional groups attached to an aromatic ring is 1. The fourth-order valence-electron chi connectivity index (χ4n) is 4.45. The lowest BCUT2D eigenvalue weighted by Gasteiger charge is -2.25. The van der Waals surface area contributed by atoms with Gasteiger partial charge in [0.05, 0.1) is 17.6 Å². The zero-order chi connectivity index (χ0) is 22.9. The van der Waals surface area contributed by atoms with Gasteiger partial charge in [-0.3, -0.25) is 9.89 Å². The monoisotopic (exact) mass is 447 g/mol. The number of nitrogens with one attached hydrogen (secondary N) is 3. The van der Waals surface area contributed by atoms with E-state index in [4.69, 9.17) is 15.7 Å². The number of amides is 1. The molecule has 0 saturated carbocycles. The molecule has 2 aliphatic rings. The topological polar surface area (TPSA) is 138 Å². The van der Waals surface area contributed by atoms with Gasteiger partial charge in [0.15, 0.2) is 5.82 Å². The molecule has 1 saturated heterocycles. The Kier molecular flexibility index (Phi) is 5.57. The van der Waals surface area contributed by atoms with Gasteiger partial charge < -0.3 is 21.3 Å². The Balaban J connectivity index is 1.40. The third kappa shape index (κ3) is 4.33. The van der Waals surface area contributed by atoms with Gasteiger partial charge in [-0.25, -0.2) is 9.97 Å². The van der Waals surface area contributed by atoms with E-state index in [9.17, 15) is 4.79 Å². The lowest BCUT2D eigenvalue weighted by atomic mass is 10.1. The summed E-state index contributed by atoms with van der Waals surface area (Å²) in [4.78, 5) is 28.8. The third-order valence-electron chi connectivity index (χ3n) is 6.25. The first-order valence-electron chi connectivity index (χ1n) is 11.5. The van der Waals surface area contributed by atoms with Crippen molar-refractivity contribution in [2.24, 2.45) is 0 Å². The van der Waals surface area contributed by atoms with Crippen molar-refractivity contribution in [2.75, 3.05) is 27.8 Å². The highest BCUT2D eigenvalue weighted by molar-refractivity contribution is 5.97. The number of carbonyl (C=O) groups excluding carboxylic acids is 1. The number of hydrogen-bond donors (Lipinski definition) is 4. The van der Waals surface area contributed by atoms with Crippen molar-refractivity contribution in [1.82, 2.24) is 25.1 Å². The summed E-state index contributed by atoms with van der Waals surface area (Å²) < 4.78 is 0. The first kappa shape index (κ1) is 21.2. The summed E-state index contributed by atoms with van der Waals surface area (Å²) in [5, 5.41) is 13.8. The number of rotatable bonds is 6. The van der Waals surface area contributed by atoms with Gasteiger partial charge in [-0.1, -0.05) is 13.8 Å². The molecule has 0 spiro atoms. The molecule has 4 heterocycles. The van der Waals surface area contributed by atoms with Crippen molar-refractivity contribution in [3.05, 3.63) is 41.3 Å². The van der Waals surface area contributed by atoms with Gasteiger partial charge in [0.2, 0.25) is 11.9 Å². The lowest BCUT2D eigenvalue weighted by Crippen LogP contribution is -2.40. The van der Waals surface area contributed by atoms with Gasteiger partial charge in [0, 0.05) is 23.9 Å². The summed E-state index contributed by atoms with van der Waals surface area (Å²) >= 11 is 0. The maximum absolute atomic E-state index is 13.1. The van der Waals surface area contributed by atoms with Gasteiger partial charge >= 0.3 is 0 Å². The molecule has 3 aromatic rings. The van der Waals surface area contributed by atoms with Crippen molar-refractivity contribution in [1.29, 1.82) is 0 Å². The van der Waals surface area contributed by atoms with Gasteiger partial charge in [0.1, 0.15) is 17.7 Å². The molecule has 1 atom stereocenters. The number of carbonyl (C=O) groups is 1. The van der Waals surface area contributed by atoms with E-state index in [1.807, 2.05) is 11.0 Å². The van der Waals surface area contributed by atoms with E-state index in [1.165, 1.54) is 0 Å². The Morgan fingerprint density at radius 1 is 1.24 bits per heavy atom. The molecule has 1 unspecified atom stereocenters. The van der Waals surface area contributed by atoms with Crippen LogP contribution in [-0.2, 0) is 17.6 Å². The number of aryl methyl sites for hydroxylation is 1. The average Bonchev–Trinajstić information content (AvgIpc) is 3.55. The van der Waals surface area contributed by atoms with Crippen molar-refractivity contribution >= 4 is 35.0 Å². The highest BCUT2D eigenvalue weighted by atomic mass is 16.2. The minimum Gasteiger partial charge on any atom is -0.384 e. The summed E-state index contributed by atoms with van der Waals surface area (Å²) in [6, 6.07) is 5.10. The Labute approximate surface area is 192 Å². The molecule has 5 N–H and O–H groups in total. The molecule has 5 rings (SSSR count). The van der Waals surface area contributed by atoms with Crippen LogP contribution in [0.15, 0.2) is 24.4 Å². The fraction of sp³-hybridized carbons (Fsp3) is 0.435. The molecule has 1 aliphatic carbocycles. The van der Waals surface area contributed by atoms with E-state index >= 15 is 0 Å². The zero-order valence-corrected chi connectivity index (χ0v) is 18.9. The maximum atomic E-state index is 13.1. The second kappa shape index (κ2) is 8.68. The molecular weight excluding hydrogens is 418 g/mol. The van der Waals surface area contributed by atoms with Crippen LogP contribution in [0.1, 0.15) is 56.0 Å². The van der Waals surface area contributed by atoms with Crippen molar-refractivity contribution < 1.29 is 4.79 Å². The number of aromatic amines is 1. The summed E-state index contributed by atoms with van der Waals surface area (Å²) in [7, 11) is 0. The number of nitrogens with two attached hydrogens (primary N) is 1. The minimum absolute atomic E-state index is 0.0912. The van der Waals surface area contributed by atoms with Crippen LogP contribution < -0.4 is 21.3 Å². The zero-order valence-electron chi connectivity index (χ0n) is 18.9. The molecule has 1 amide bonds. The average molecular weight is 448 g/mol. The van der Waals surface area contributed by atoms with Crippen molar-refractivity contribution in [3.63, 3.8) is 0 Å². The van der Waals surface area contributed by atoms with Crippen molar-refractivity contribution in [3.8, 4) is 0 Å². The second-order valence-electron chi connectivity index (χ2n) is 8.95. The van der Waals surface area contributed by atoms with Crippen LogP contribution >= 0.6 is 0 Å². The van der Waals surface area contributed by atoms with Crippen molar-refractivity contribution in [2.45, 2.75) is 57.9 Å². The number of fused-ring (bicyclic) bond motifs is 1. The molecule has 3 aromatic heterocycles. The normalized spacial score (nSPS) is 17.4. The fourth-order valence-corrected chi connectivity index (χ4v) is 4.45. The largest absolute Gasteiger partial charge is 0.384 e. The molecule has 10 nitrogen and oxygen atoms in total. The van der Waals surface area contributed by atoms with Gasteiger partial charge in [-0.05, 0) is 50.2 Å². The van der Waals surface area contributed by atoms with E-state index in [0.29, 0.717) is 23.4 Å². The number of anilines is 5. The van der Waals surface area contributed by atoms with E-state index < -0.39 is 0 Å². The number of nitrogens with zero attached hydrogens (tertiary/aromatic N) is 5. The number of H-pyrrole nitrogens is 1. The highest BCUT2D eigenvalue weighted by Gasteiger charge is 2.34. The number of hydrogen-bond acceptors (Lipinski definition) is 8. The summed E-state index contributed by atoms with van der Waals surface area (Å²) in [6.07, 6.45) is 6.11. The summed E-state index contributed by atoms with van der Waals surface area (Å²) in [5.41, 5.74) is 9.53. The first-order chi connectivity index (χ1) is 16.0. The summed E-state index contributed by atoms with van der Waals surface area (Å²) in [6.45, 7) is 4.98. The highest BCUT2D eigenvalue weighted by Crippen LogP contribution is 2.33. The van der Waals surface area contributed by atoms with Crippen LogP contribution in [0.5, 0.6) is 0 Å². The standard InChI is InChI=1S/C23H29N9O/c1-13(2)17-11-20(31-30-17)28-21-15-5-3-6-16(15)27-23(29-21)32-10-4-7-18(32)22(33)26-14-8-9-19(24)25-12-14/h8-9,11-13,18H,3-7,10H2,1-2H3,(H2,24,25)(H,26,33)(H2,27,28,29,30,31). The van der Waals surface area contributed by atoms with Crippen LogP contribution in [-0.4, -0.2) is 43.6 Å². The Morgan fingerprint density at radius 3 is 2.88 bits per heavy atom. The summed E-state index contributed by atoms with van der Waals surface area (Å²) in [5.74, 6) is 2.80. The predicted molar refractivity (Wildman–Crippen MR) is 128 cm³/mol. The minimum atomic E-state index is -0.340. The molecule has 0 radical (unpaired) electrons. The Hall–Kier alpha value is -3.69. The van der Waals surface area contributed by atoms with Gasteiger partial charge in [-0.15, -0.1) is 0 Å². The number of aromatic nitrogens is 5. The molecular formula is C23H29N9O. The molecule has 1 aliphatic heterocycles. The smallest absolute Gasteiger partial charge is 0.247 e. The van der Waals surface area contributed by atoms with Gasteiger partial charge in [-0.2, -0.15) is 10.1 Å². The Morgan fingerprint density at radius 2 is 2.12 bits per heavy atom. The SMILES string of the molecule is CC(C)c1cc(Nc2nc(N3CCCC3C(=O)Nc3ccc(N)nc3)nc3c2CCC3)n[nH]1. The molecule has 1 fully saturated rings. The van der Waals surface area contributed by atoms with Crippen LogP contribution in [0.4, 0.5) is 29.1 Å². The quantitative estimate of drug-likeness (QED) is 0.452. The number of pyridine rings is 1. The lowest BCUT2D eigenvalue weighted by molar-refractivity contribution is -0.117. The molecule has 0 bridgehead atoms. The predicted octanol–water partition coefficient (Wildman–Crippen LogP) is 3.14. The van der Waals surface area contributed by atoms with E-state index in [1.54, 1.807) is 18.3 Å². The van der Waals surface area contributed by atoms with Crippen LogP contribution in [0.2, 0.25) is 0 Å². The van der Waals surface area contributed by atoms with Gasteiger partial charge in [0.25, 0.3) is 0 Å². The molecule has 172 valence electrons.